The van der Waals surface area contributed by atoms with Crippen molar-refractivity contribution in [3.05, 3.63) is 52.9 Å². The van der Waals surface area contributed by atoms with Crippen LogP contribution in [0.25, 0.3) is 0 Å². The maximum atomic E-state index is 13.1. The van der Waals surface area contributed by atoms with Gasteiger partial charge in [0.25, 0.3) is 0 Å². The Hall–Kier alpha value is -2.19. The Balaban J connectivity index is 1.81. The standard InChI is InChI=1S/C19H22N2O4S2/c1-14-6-8-15(9-7-14)16(27(24,25)17-5-4-12-26-17)13-20-18(22)19(23)21-10-2-3-11-21/h4-9,12,16H,2-3,10-11,13H2,1H3,(H,20,22)/t16-/m0/s1. The minimum atomic E-state index is -3.69. The van der Waals surface area contributed by atoms with Crippen LogP contribution in [-0.4, -0.2) is 44.8 Å². The van der Waals surface area contributed by atoms with Gasteiger partial charge in [0, 0.05) is 19.6 Å². The maximum Gasteiger partial charge on any atom is 0.311 e. The molecule has 1 saturated heterocycles. The first-order valence-electron chi connectivity index (χ1n) is 8.80. The highest BCUT2D eigenvalue weighted by molar-refractivity contribution is 7.93. The minimum Gasteiger partial charge on any atom is -0.346 e. The number of amides is 2. The lowest BCUT2D eigenvalue weighted by molar-refractivity contribution is -0.145. The third-order valence-corrected chi connectivity index (χ3v) is 8.17. The van der Waals surface area contributed by atoms with E-state index < -0.39 is 26.9 Å². The molecule has 6 nitrogen and oxygen atoms in total. The highest BCUT2D eigenvalue weighted by Crippen LogP contribution is 2.31. The molecular weight excluding hydrogens is 384 g/mol. The van der Waals surface area contributed by atoms with Gasteiger partial charge in [0.1, 0.15) is 9.46 Å². The fourth-order valence-electron chi connectivity index (χ4n) is 3.08. The second-order valence-corrected chi connectivity index (χ2v) is 9.89. The van der Waals surface area contributed by atoms with Crippen molar-refractivity contribution >= 4 is 33.0 Å². The van der Waals surface area contributed by atoms with Gasteiger partial charge >= 0.3 is 11.8 Å². The predicted molar refractivity (Wildman–Crippen MR) is 104 cm³/mol. The van der Waals surface area contributed by atoms with Crippen molar-refractivity contribution in [1.82, 2.24) is 10.2 Å². The van der Waals surface area contributed by atoms with E-state index in [0.29, 0.717) is 18.7 Å². The molecule has 27 heavy (non-hydrogen) atoms. The second kappa shape index (κ2) is 8.22. The number of nitrogens with zero attached hydrogens (tertiary/aromatic N) is 1. The SMILES string of the molecule is Cc1ccc([C@H](CNC(=O)C(=O)N2CCCC2)S(=O)(=O)c2cccs2)cc1. The number of aryl methyl sites for hydroxylation is 1. The first kappa shape index (κ1) is 19.6. The number of carbonyl (C=O) groups excluding carboxylic acids is 2. The number of hydrogen-bond donors (Lipinski definition) is 1. The number of benzene rings is 1. The summed E-state index contributed by atoms with van der Waals surface area (Å²) in [6.07, 6.45) is 1.77. The van der Waals surface area contributed by atoms with E-state index in [1.165, 1.54) is 4.90 Å². The van der Waals surface area contributed by atoms with Crippen LogP contribution in [0.3, 0.4) is 0 Å². The van der Waals surface area contributed by atoms with Gasteiger partial charge in [0.2, 0.25) is 0 Å². The van der Waals surface area contributed by atoms with Crippen LogP contribution in [0, 0.1) is 6.92 Å². The van der Waals surface area contributed by atoms with Crippen molar-refractivity contribution in [3.8, 4) is 0 Å². The van der Waals surface area contributed by atoms with E-state index in [9.17, 15) is 18.0 Å². The largest absolute Gasteiger partial charge is 0.346 e. The Bertz CT molecular complexity index is 900. The number of rotatable bonds is 5. The molecule has 1 aromatic heterocycles. The molecule has 144 valence electrons. The molecule has 1 N–H and O–H groups in total. The molecular formula is C19H22N2O4S2. The number of hydrogen-bond acceptors (Lipinski definition) is 5. The molecule has 2 aromatic rings. The van der Waals surface area contributed by atoms with Gasteiger partial charge in [0.05, 0.1) is 0 Å². The lowest BCUT2D eigenvalue weighted by atomic mass is 10.1. The van der Waals surface area contributed by atoms with Crippen molar-refractivity contribution in [2.45, 2.75) is 29.2 Å². The van der Waals surface area contributed by atoms with Gasteiger partial charge in [-0.25, -0.2) is 8.42 Å². The average molecular weight is 407 g/mol. The van der Waals surface area contributed by atoms with Crippen LogP contribution < -0.4 is 5.32 Å². The van der Waals surface area contributed by atoms with Gasteiger partial charge in [-0.3, -0.25) is 9.59 Å². The average Bonchev–Trinajstić information content (AvgIpc) is 3.36. The van der Waals surface area contributed by atoms with E-state index in [0.717, 1.165) is 29.7 Å². The molecule has 1 aromatic carbocycles. The number of sulfone groups is 1. The van der Waals surface area contributed by atoms with Crippen molar-refractivity contribution in [3.63, 3.8) is 0 Å². The Morgan fingerprint density at radius 2 is 1.81 bits per heavy atom. The Morgan fingerprint density at radius 1 is 1.15 bits per heavy atom. The maximum absolute atomic E-state index is 13.1. The number of thiophene rings is 1. The molecule has 0 saturated carbocycles. The second-order valence-electron chi connectivity index (χ2n) is 6.59. The topological polar surface area (TPSA) is 83.6 Å². The zero-order chi connectivity index (χ0) is 19.4. The van der Waals surface area contributed by atoms with Gasteiger partial charge < -0.3 is 10.2 Å². The van der Waals surface area contributed by atoms with Crippen LogP contribution in [-0.2, 0) is 19.4 Å². The van der Waals surface area contributed by atoms with Gasteiger partial charge in [0.15, 0.2) is 9.84 Å². The smallest absolute Gasteiger partial charge is 0.311 e. The number of likely N-dealkylation sites (tertiary alicyclic amines) is 1. The van der Waals surface area contributed by atoms with Crippen LogP contribution in [0.4, 0.5) is 0 Å². The molecule has 1 fully saturated rings. The van der Waals surface area contributed by atoms with E-state index >= 15 is 0 Å². The molecule has 0 spiro atoms. The van der Waals surface area contributed by atoms with Crippen LogP contribution in [0.2, 0.25) is 0 Å². The van der Waals surface area contributed by atoms with Gasteiger partial charge in [-0.15, -0.1) is 11.3 Å². The third kappa shape index (κ3) is 4.39. The zero-order valence-corrected chi connectivity index (χ0v) is 16.7. The summed E-state index contributed by atoms with van der Waals surface area (Å²) in [5.74, 6) is -1.35. The summed E-state index contributed by atoms with van der Waals surface area (Å²) in [4.78, 5) is 25.9. The fraction of sp³-hybridized carbons (Fsp3) is 0.368. The van der Waals surface area contributed by atoms with Gasteiger partial charge in [-0.05, 0) is 36.8 Å². The molecule has 0 bridgehead atoms. The summed E-state index contributed by atoms with van der Waals surface area (Å²) in [7, 11) is -3.69. The Morgan fingerprint density at radius 3 is 2.41 bits per heavy atom. The summed E-state index contributed by atoms with van der Waals surface area (Å²) in [5.41, 5.74) is 1.60. The molecule has 1 aliphatic rings. The van der Waals surface area contributed by atoms with E-state index in [1.807, 2.05) is 19.1 Å². The molecule has 2 amide bonds. The van der Waals surface area contributed by atoms with E-state index in [-0.39, 0.29) is 10.8 Å². The quantitative estimate of drug-likeness (QED) is 0.773. The normalized spacial score (nSPS) is 15.5. The van der Waals surface area contributed by atoms with Crippen LogP contribution in [0.15, 0.2) is 46.0 Å². The molecule has 0 aliphatic carbocycles. The first-order valence-corrected chi connectivity index (χ1v) is 11.2. The molecule has 1 atom stereocenters. The highest BCUT2D eigenvalue weighted by Gasteiger charge is 2.32. The highest BCUT2D eigenvalue weighted by atomic mass is 32.2. The molecule has 0 radical (unpaired) electrons. The summed E-state index contributed by atoms with van der Waals surface area (Å²) >= 11 is 1.14. The zero-order valence-electron chi connectivity index (χ0n) is 15.1. The van der Waals surface area contributed by atoms with Crippen LogP contribution >= 0.6 is 11.3 Å². The number of nitrogens with one attached hydrogen (secondary N) is 1. The summed E-state index contributed by atoms with van der Waals surface area (Å²) in [5, 5.41) is 3.29. The monoisotopic (exact) mass is 406 g/mol. The predicted octanol–water partition coefficient (Wildman–Crippen LogP) is 2.31. The number of carbonyl (C=O) groups is 2. The fourth-order valence-corrected chi connectivity index (χ4v) is 5.95. The molecule has 1 aliphatic heterocycles. The molecule has 3 rings (SSSR count). The summed E-state index contributed by atoms with van der Waals surface area (Å²) in [6, 6.07) is 10.4. The van der Waals surface area contributed by atoms with Gasteiger partial charge in [-0.1, -0.05) is 35.9 Å². The minimum absolute atomic E-state index is 0.151. The van der Waals surface area contributed by atoms with E-state index in [2.05, 4.69) is 5.32 Å². The van der Waals surface area contributed by atoms with Crippen molar-refractivity contribution in [2.75, 3.05) is 19.6 Å². The third-order valence-electron chi connectivity index (χ3n) is 4.63. The molecule has 2 heterocycles. The molecule has 0 unspecified atom stereocenters. The van der Waals surface area contributed by atoms with Crippen LogP contribution in [0.5, 0.6) is 0 Å². The van der Waals surface area contributed by atoms with E-state index in [1.54, 1.807) is 29.6 Å². The Labute approximate surface area is 163 Å². The van der Waals surface area contributed by atoms with E-state index in [4.69, 9.17) is 0 Å². The van der Waals surface area contributed by atoms with Crippen molar-refractivity contribution in [2.24, 2.45) is 0 Å². The Kier molecular flexibility index (Phi) is 5.96. The lowest BCUT2D eigenvalue weighted by Gasteiger charge is -2.19. The lowest BCUT2D eigenvalue weighted by Crippen LogP contribution is -2.43. The summed E-state index contributed by atoms with van der Waals surface area (Å²) in [6.45, 7) is 2.91. The van der Waals surface area contributed by atoms with Gasteiger partial charge in [-0.2, -0.15) is 0 Å². The van der Waals surface area contributed by atoms with Crippen molar-refractivity contribution in [1.29, 1.82) is 0 Å². The van der Waals surface area contributed by atoms with Crippen molar-refractivity contribution < 1.29 is 18.0 Å². The first-order chi connectivity index (χ1) is 12.9. The molecule has 8 heteroatoms. The summed E-state index contributed by atoms with van der Waals surface area (Å²) < 4.78 is 26.4. The van der Waals surface area contributed by atoms with Crippen LogP contribution in [0.1, 0.15) is 29.2 Å².